The fraction of sp³-hybridized carbons (Fsp3) is 0.273. The Morgan fingerprint density at radius 2 is 1.33 bits per heavy atom. The number of hydrogen-bond donors (Lipinski definition) is 1. The van der Waals surface area contributed by atoms with Crippen molar-refractivity contribution in [2.45, 2.75) is 59.0 Å². The van der Waals surface area contributed by atoms with Gasteiger partial charge in [0.1, 0.15) is 0 Å². The first kappa shape index (κ1) is 27.5. The molecule has 1 fully saturated rings. The van der Waals surface area contributed by atoms with Gasteiger partial charge in [0.2, 0.25) is 0 Å². The normalized spacial score (nSPS) is 15.5. The fourth-order valence-corrected chi connectivity index (χ4v) is 4.25. The second-order valence-corrected chi connectivity index (χ2v) is 9.95. The summed E-state index contributed by atoms with van der Waals surface area (Å²) in [7, 11) is 0. The van der Waals surface area contributed by atoms with Crippen molar-refractivity contribution in [1.29, 1.82) is 0 Å². The van der Waals surface area contributed by atoms with Crippen LogP contribution >= 0.6 is 0 Å². The Labute approximate surface area is 218 Å². The summed E-state index contributed by atoms with van der Waals surface area (Å²) in [5.41, 5.74) is 13.3. The lowest BCUT2D eigenvalue weighted by molar-refractivity contribution is 0.0384. The average Bonchev–Trinajstić information content (AvgIpc) is 2.93. The van der Waals surface area contributed by atoms with E-state index in [1.165, 1.54) is 33.3 Å². The second kappa shape index (κ2) is 13.2. The van der Waals surface area contributed by atoms with Gasteiger partial charge in [0.05, 0.1) is 0 Å². The molecule has 4 aromatic carbocycles. The maximum atomic E-state index is 5.88. The monoisotopic (exact) mass is 477 g/mol. The van der Waals surface area contributed by atoms with Crippen LogP contribution in [0.4, 0.5) is 0 Å². The highest BCUT2D eigenvalue weighted by atomic mass is 16.5. The maximum absolute atomic E-state index is 5.88. The van der Waals surface area contributed by atoms with Crippen molar-refractivity contribution in [2.75, 3.05) is 0 Å². The minimum Gasteiger partial charge on any atom is -0.426 e. The van der Waals surface area contributed by atoms with Crippen LogP contribution in [0.2, 0.25) is 5.82 Å². The molecule has 1 unspecified atom stereocenters. The zero-order valence-electron chi connectivity index (χ0n) is 22.4. The summed E-state index contributed by atoms with van der Waals surface area (Å²) >= 11 is 0. The highest BCUT2D eigenvalue weighted by Crippen LogP contribution is 2.40. The Hall–Kier alpha value is -3.14. The third-order valence-corrected chi connectivity index (χ3v) is 6.87. The minimum absolute atomic E-state index is 0.0500. The molecule has 3 heteroatoms. The van der Waals surface area contributed by atoms with Crippen molar-refractivity contribution in [3.8, 4) is 11.1 Å². The van der Waals surface area contributed by atoms with E-state index >= 15 is 0 Å². The summed E-state index contributed by atoms with van der Waals surface area (Å²) in [6, 6.07) is 37.7. The molecule has 1 heterocycles. The number of hydrogen-bond acceptors (Lipinski definition) is 2. The van der Waals surface area contributed by atoms with Crippen LogP contribution in [0.5, 0.6) is 0 Å². The Bertz CT molecular complexity index is 1190. The predicted octanol–water partition coefficient (Wildman–Crippen LogP) is 7.45. The van der Waals surface area contributed by atoms with Crippen LogP contribution in [0.15, 0.2) is 109 Å². The molecule has 5 rings (SSSR count). The standard InChI is InChI=1S/C13H13N.C12H17BO.C8H10/c14-10-11-5-4-8-13(9-11)12-6-2-1-3-7-12;1-9-6-5-7-11(8-9)13-10(2)12(3,4)14-13;1-2-8-6-4-3-5-7-8/h1-9H,10,14H2;5-8,10H,1-4H3;3-7H,2H2,1H3. The van der Waals surface area contributed by atoms with Crippen molar-refractivity contribution >= 4 is 12.4 Å². The van der Waals surface area contributed by atoms with E-state index < -0.39 is 0 Å². The van der Waals surface area contributed by atoms with E-state index in [0.29, 0.717) is 19.3 Å². The third-order valence-electron chi connectivity index (χ3n) is 6.87. The summed E-state index contributed by atoms with van der Waals surface area (Å²) < 4.78 is 5.88. The average molecular weight is 478 g/mol. The zero-order valence-corrected chi connectivity index (χ0v) is 22.4. The van der Waals surface area contributed by atoms with Gasteiger partial charge in [0, 0.05) is 12.1 Å². The van der Waals surface area contributed by atoms with Crippen LogP contribution < -0.4 is 11.2 Å². The maximum Gasteiger partial charge on any atom is 0.332 e. The topological polar surface area (TPSA) is 35.2 Å². The van der Waals surface area contributed by atoms with E-state index in [-0.39, 0.29) is 5.60 Å². The molecule has 1 aliphatic heterocycles. The van der Waals surface area contributed by atoms with Gasteiger partial charge in [-0.15, -0.1) is 0 Å². The molecular formula is C33H40BNO. The summed E-state index contributed by atoms with van der Waals surface area (Å²) in [6.07, 6.45) is 1.14. The van der Waals surface area contributed by atoms with E-state index in [4.69, 9.17) is 10.4 Å². The number of rotatable bonds is 4. The predicted molar refractivity (Wildman–Crippen MR) is 157 cm³/mol. The Kier molecular flexibility index (Phi) is 10.1. The Morgan fingerprint density at radius 1 is 0.750 bits per heavy atom. The molecule has 2 N–H and O–H groups in total. The van der Waals surface area contributed by atoms with Gasteiger partial charge in [-0.3, -0.25) is 0 Å². The molecule has 0 bridgehead atoms. The van der Waals surface area contributed by atoms with Gasteiger partial charge >= 0.3 is 6.92 Å². The van der Waals surface area contributed by atoms with Crippen LogP contribution in [0, 0.1) is 6.92 Å². The molecule has 1 saturated heterocycles. The Morgan fingerprint density at radius 3 is 1.86 bits per heavy atom. The molecule has 0 aromatic heterocycles. The second-order valence-electron chi connectivity index (χ2n) is 9.95. The van der Waals surface area contributed by atoms with Crippen LogP contribution in [-0.2, 0) is 17.6 Å². The first-order valence-corrected chi connectivity index (χ1v) is 13.0. The largest absolute Gasteiger partial charge is 0.426 e. The van der Waals surface area contributed by atoms with E-state index in [1.807, 2.05) is 36.4 Å². The van der Waals surface area contributed by atoms with E-state index in [1.54, 1.807) is 0 Å². The number of nitrogens with two attached hydrogens (primary N) is 1. The van der Waals surface area contributed by atoms with Gasteiger partial charge in [0.25, 0.3) is 0 Å². The van der Waals surface area contributed by atoms with Crippen molar-refractivity contribution in [1.82, 2.24) is 0 Å². The lowest BCUT2D eigenvalue weighted by Gasteiger charge is -2.48. The SMILES string of the molecule is CCc1ccccc1.Cc1cccc(B2OC(C)(C)C2C)c1.NCc1cccc(-c2ccccc2)c1. The van der Waals surface area contributed by atoms with Gasteiger partial charge in [-0.2, -0.15) is 0 Å². The molecule has 36 heavy (non-hydrogen) atoms. The van der Waals surface area contributed by atoms with Crippen LogP contribution in [0.1, 0.15) is 44.4 Å². The highest BCUT2D eigenvalue weighted by Gasteiger charge is 2.49. The molecular weight excluding hydrogens is 437 g/mol. The third kappa shape index (κ3) is 7.68. The lowest BCUT2D eigenvalue weighted by atomic mass is 9.41. The minimum atomic E-state index is 0.0500. The van der Waals surface area contributed by atoms with Crippen LogP contribution in [-0.4, -0.2) is 12.5 Å². The zero-order chi connectivity index (χ0) is 26.0. The molecule has 0 aliphatic carbocycles. The van der Waals surface area contributed by atoms with Crippen molar-refractivity contribution in [3.05, 3.63) is 126 Å². The van der Waals surface area contributed by atoms with Crippen molar-refractivity contribution < 1.29 is 4.65 Å². The van der Waals surface area contributed by atoms with Gasteiger partial charge in [-0.05, 0) is 66.8 Å². The van der Waals surface area contributed by atoms with Gasteiger partial charge < -0.3 is 10.4 Å². The molecule has 0 amide bonds. The van der Waals surface area contributed by atoms with Crippen LogP contribution in [0.3, 0.4) is 0 Å². The summed E-state index contributed by atoms with van der Waals surface area (Å²) in [5.74, 6) is 0.601. The van der Waals surface area contributed by atoms with E-state index in [2.05, 4.69) is 107 Å². The molecule has 0 spiro atoms. The highest BCUT2D eigenvalue weighted by molar-refractivity contribution is 6.71. The summed E-state index contributed by atoms with van der Waals surface area (Å²) in [6.45, 7) is 11.8. The quantitative estimate of drug-likeness (QED) is 0.310. The first-order chi connectivity index (χ1) is 17.3. The van der Waals surface area contributed by atoms with Crippen molar-refractivity contribution in [2.24, 2.45) is 5.73 Å². The fourth-order valence-electron chi connectivity index (χ4n) is 4.25. The summed E-state index contributed by atoms with van der Waals surface area (Å²) in [5, 5.41) is 0. The molecule has 4 aromatic rings. The van der Waals surface area contributed by atoms with Gasteiger partial charge in [-0.1, -0.05) is 123 Å². The molecule has 1 atom stereocenters. The van der Waals surface area contributed by atoms with Crippen LogP contribution in [0.25, 0.3) is 11.1 Å². The van der Waals surface area contributed by atoms with Gasteiger partial charge in [0.15, 0.2) is 0 Å². The number of benzene rings is 4. The van der Waals surface area contributed by atoms with E-state index in [9.17, 15) is 0 Å². The molecule has 186 valence electrons. The van der Waals surface area contributed by atoms with E-state index in [0.717, 1.165) is 6.42 Å². The van der Waals surface area contributed by atoms with Crippen molar-refractivity contribution in [3.63, 3.8) is 0 Å². The Balaban J connectivity index is 0.000000157. The summed E-state index contributed by atoms with van der Waals surface area (Å²) in [4.78, 5) is 0. The lowest BCUT2D eigenvalue weighted by Crippen LogP contribution is -2.60. The first-order valence-electron chi connectivity index (χ1n) is 13.0. The molecule has 2 nitrogen and oxygen atoms in total. The van der Waals surface area contributed by atoms with Gasteiger partial charge in [-0.25, -0.2) is 0 Å². The smallest absolute Gasteiger partial charge is 0.332 e. The number of aryl methyl sites for hydroxylation is 2. The molecule has 0 saturated carbocycles. The molecule has 0 radical (unpaired) electrons. The molecule has 1 aliphatic rings.